The van der Waals surface area contributed by atoms with Gasteiger partial charge in [0, 0.05) is 6.04 Å². The number of rotatable bonds is 4. The highest BCUT2D eigenvalue weighted by Crippen LogP contribution is 2.22. The fraction of sp³-hybridized carbons (Fsp3) is 0.500. The van der Waals surface area contributed by atoms with Crippen molar-refractivity contribution in [2.45, 2.75) is 44.2 Å². The molecule has 2 amide bonds. The third-order valence-corrected chi connectivity index (χ3v) is 3.97. The molecule has 21 heavy (non-hydrogen) atoms. The van der Waals surface area contributed by atoms with E-state index in [-0.39, 0.29) is 17.9 Å². The smallest absolute Gasteiger partial charge is 0.253 e. The Kier molecular flexibility index (Phi) is 4.20. The van der Waals surface area contributed by atoms with E-state index in [0.717, 1.165) is 38.6 Å². The van der Waals surface area contributed by atoms with Gasteiger partial charge in [0.05, 0.1) is 17.3 Å². The van der Waals surface area contributed by atoms with Gasteiger partial charge in [0.1, 0.15) is 0 Å². The van der Waals surface area contributed by atoms with Gasteiger partial charge >= 0.3 is 0 Å². The second-order valence-corrected chi connectivity index (χ2v) is 5.79. The number of nitrogens with one attached hydrogen (secondary N) is 3. The third kappa shape index (κ3) is 3.61. The molecular weight excluding hydrogens is 266 g/mol. The molecule has 3 N–H and O–H groups in total. The van der Waals surface area contributed by atoms with Gasteiger partial charge in [-0.05, 0) is 44.4 Å². The van der Waals surface area contributed by atoms with Crippen molar-refractivity contribution < 1.29 is 9.59 Å². The van der Waals surface area contributed by atoms with Crippen LogP contribution in [-0.4, -0.2) is 30.4 Å². The summed E-state index contributed by atoms with van der Waals surface area (Å²) in [5, 5.41) is 9.07. The highest BCUT2D eigenvalue weighted by atomic mass is 16.2. The Bertz CT molecular complexity index is 534. The van der Waals surface area contributed by atoms with E-state index in [9.17, 15) is 9.59 Å². The molecule has 1 saturated heterocycles. The number of hydrogen-bond donors (Lipinski definition) is 3. The quantitative estimate of drug-likeness (QED) is 0.789. The van der Waals surface area contributed by atoms with Crippen LogP contribution in [0.3, 0.4) is 0 Å². The molecule has 112 valence electrons. The Morgan fingerprint density at radius 2 is 1.90 bits per heavy atom. The van der Waals surface area contributed by atoms with Gasteiger partial charge in [0.25, 0.3) is 5.91 Å². The minimum absolute atomic E-state index is 0.0543. The summed E-state index contributed by atoms with van der Waals surface area (Å²) in [5.41, 5.74) is 1.13. The molecule has 1 atom stereocenters. The molecule has 0 bridgehead atoms. The van der Waals surface area contributed by atoms with Crippen LogP contribution < -0.4 is 16.0 Å². The maximum absolute atomic E-state index is 12.3. The number of carbonyl (C=O) groups is 2. The fourth-order valence-corrected chi connectivity index (χ4v) is 2.58. The Morgan fingerprint density at radius 1 is 1.10 bits per heavy atom. The lowest BCUT2D eigenvalue weighted by atomic mass is 10.0. The van der Waals surface area contributed by atoms with Crippen molar-refractivity contribution in [3.8, 4) is 0 Å². The number of carbonyl (C=O) groups excluding carboxylic acids is 2. The van der Waals surface area contributed by atoms with E-state index >= 15 is 0 Å². The molecule has 5 heteroatoms. The number of benzene rings is 1. The summed E-state index contributed by atoms with van der Waals surface area (Å²) in [5.74, 6) is -0.161. The summed E-state index contributed by atoms with van der Waals surface area (Å²) in [6, 6.07) is 7.33. The minimum atomic E-state index is -0.154. The average Bonchev–Trinajstić information content (AvgIpc) is 3.32. The normalized spacial score (nSPS) is 21.6. The third-order valence-electron chi connectivity index (χ3n) is 3.97. The van der Waals surface area contributed by atoms with Crippen LogP contribution in [0.1, 0.15) is 42.5 Å². The average molecular weight is 287 g/mol. The first kappa shape index (κ1) is 14.1. The summed E-state index contributed by atoms with van der Waals surface area (Å²) in [7, 11) is 0. The molecule has 3 rings (SSSR count). The summed E-state index contributed by atoms with van der Waals surface area (Å²) in [6.45, 7) is 0.877. The summed E-state index contributed by atoms with van der Waals surface area (Å²) in [4.78, 5) is 24.5. The predicted octanol–water partition coefficient (Wildman–Crippen LogP) is 1.66. The lowest BCUT2D eigenvalue weighted by Crippen LogP contribution is -2.43. The molecule has 1 heterocycles. The van der Waals surface area contributed by atoms with Gasteiger partial charge in [-0.15, -0.1) is 0 Å². The minimum Gasteiger partial charge on any atom is -0.349 e. The van der Waals surface area contributed by atoms with Crippen LogP contribution in [0, 0.1) is 0 Å². The molecule has 2 fully saturated rings. The van der Waals surface area contributed by atoms with Crippen molar-refractivity contribution >= 4 is 17.5 Å². The fourth-order valence-electron chi connectivity index (χ4n) is 2.58. The Balaban J connectivity index is 1.68. The standard InChI is InChI=1S/C16H21N3O2/c20-15(18-11-8-9-11)12-5-1-2-6-13(12)19-16(21)14-7-3-4-10-17-14/h1-2,5-6,11,14,17H,3-4,7-10H2,(H,18,20)(H,19,21)/t14-/m0/s1. The lowest BCUT2D eigenvalue weighted by molar-refractivity contribution is -0.118. The SMILES string of the molecule is O=C(NC1CC1)c1ccccc1NC(=O)[C@@H]1CCCCN1. The lowest BCUT2D eigenvalue weighted by Gasteiger charge is -2.23. The highest BCUT2D eigenvalue weighted by Gasteiger charge is 2.26. The molecule has 1 aromatic rings. The molecule has 2 aliphatic rings. The van der Waals surface area contributed by atoms with Crippen molar-refractivity contribution in [1.82, 2.24) is 10.6 Å². The van der Waals surface area contributed by atoms with Crippen molar-refractivity contribution in [1.29, 1.82) is 0 Å². The van der Waals surface area contributed by atoms with Crippen LogP contribution in [0.25, 0.3) is 0 Å². The predicted molar refractivity (Wildman–Crippen MR) is 81.2 cm³/mol. The molecule has 1 saturated carbocycles. The summed E-state index contributed by atoms with van der Waals surface area (Å²) in [6.07, 6.45) is 5.12. The van der Waals surface area contributed by atoms with Gasteiger partial charge in [0.2, 0.25) is 5.91 Å². The van der Waals surface area contributed by atoms with Gasteiger partial charge < -0.3 is 16.0 Å². The van der Waals surface area contributed by atoms with Crippen LogP contribution in [0.15, 0.2) is 24.3 Å². The van der Waals surface area contributed by atoms with Gasteiger partial charge in [-0.25, -0.2) is 0 Å². The van der Waals surface area contributed by atoms with E-state index in [1.807, 2.05) is 12.1 Å². The topological polar surface area (TPSA) is 70.2 Å². The van der Waals surface area contributed by atoms with Gasteiger partial charge in [0.15, 0.2) is 0 Å². The molecule has 0 radical (unpaired) electrons. The monoisotopic (exact) mass is 287 g/mol. The van der Waals surface area contributed by atoms with Crippen molar-refractivity contribution in [2.75, 3.05) is 11.9 Å². The molecular formula is C16H21N3O2. The first-order valence-electron chi connectivity index (χ1n) is 7.68. The van der Waals surface area contributed by atoms with E-state index < -0.39 is 0 Å². The molecule has 5 nitrogen and oxygen atoms in total. The molecule has 1 aromatic carbocycles. The van der Waals surface area contributed by atoms with E-state index in [0.29, 0.717) is 17.3 Å². The maximum Gasteiger partial charge on any atom is 0.253 e. The van der Waals surface area contributed by atoms with Crippen LogP contribution in [0.4, 0.5) is 5.69 Å². The van der Waals surface area contributed by atoms with E-state index in [1.54, 1.807) is 12.1 Å². The summed E-state index contributed by atoms with van der Waals surface area (Å²) >= 11 is 0. The van der Waals surface area contributed by atoms with Crippen LogP contribution >= 0.6 is 0 Å². The highest BCUT2D eigenvalue weighted by molar-refractivity contribution is 6.05. The number of piperidine rings is 1. The maximum atomic E-state index is 12.3. The second-order valence-electron chi connectivity index (χ2n) is 5.79. The zero-order valence-electron chi connectivity index (χ0n) is 12.0. The number of anilines is 1. The van der Waals surface area contributed by atoms with Crippen molar-refractivity contribution in [3.63, 3.8) is 0 Å². The Labute approximate surface area is 124 Å². The van der Waals surface area contributed by atoms with Gasteiger partial charge in [-0.1, -0.05) is 18.6 Å². The van der Waals surface area contributed by atoms with Crippen LogP contribution in [-0.2, 0) is 4.79 Å². The number of hydrogen-bond acceptors (Lipinski definition) is 3. The zero-order valence-corrected chi connectivity index (χ0v) is 12.0. The zero-order chi connectivity index (χ0) is 14.7. The van der Waals surface area contributed by atoms with Crippen molar-refractivity contribution in [2.24, 2.45) is 0 Å². The number of para-hydroxylation sites is 1. The first-order valence-corrected chi connectivity index (χ1v) is 7.68. The molecule has 0 unspecified atom stereocenters. The van der Waals surface area contributed by atoms with Crippen LogP contribution in [0.5, 0.6) is 0 Å². The molecule has 0 aromatic heterocycles. The van der Waals surface area contributed by atoms with Crippen molar-refractivity contribution in [3.05, 3.63) is 29.8 Å². The van der Waals surface area contributed by atoms with Gasteiger partial charge in [-0.2, -0.15) is 0 Å². The Morgan fingerprint density at radius 3 is 2.62 bits per heavy atom. The first-order chi connectivity index (χ1) is 10.2. The molecule has 0 spiro atoms. The Hall–Kier alpha value is -1.88. The molecule has 1 aliphatic carbocycles. The van der Waals surface area contributed by atoms with E-state index in [1.165, 1.54) is 0 Å². The largest absolute Gasteiger partial charge is 0.349 e. The molecule has 1 aliphatic heterocycles. The van der Waals surface area contributed by atoms with Crippen LogP contribution in [0.2, 0.25) is 0 Å². The number of amides is 2. The summed E-state index contributed by atoms with van der Waals surface area (Å²) < 4.78 is 0. The van der Waals surface area contributed by atoms with E-state index in [2.05, 4.69) is 16.0 Å². The second kappa shape index (κ2) is 6.26. The van der Waals surface area contributed by atoms with Gasteiger partial charge in [-0.3, -0.25) is 9.59 Å². The van der Waals surface area contributed by atoms with E-state index in [4.69, 9.17) is 0 Å².